The second-order valence-corrected chi connectivity index (χ2v) is 4.50. The minimum Gasteiger partial charge on any atom is -0.464 e. The van der Waals surface area contributed by atoms with Crippen molar-refractivity contribution in [2.75, 3.05) is 5.32 Å². The van der Waals surface area contributed by atoms with Gasteiger partial charge in [-0.05, 0) is 41.9 Å². The molecule has 2 rings (SSSR count). The van der Waals surface area contributed by atoms with Gasteiger partial charge in [-0.2, -0.15) is 0 Å². The lowest BCUT2D eigenvalue weighted by molar-refractivity contribution is 0.466. The Morgan fingerprint density at radius 2 is 2.29 bits per heavy atom. The summed E-state index contributed by atoms with van der Waals surface area (Å²) in [5.74, 6) is 2.15. The van der Waals surface area contributed by atoms with Crippen LogP contribution < -0.4 is 10.9 Å². The van der Waals surface area contributed by atoms with E-state index < -0.39 is 0 Å². The Bertz CT molecular complexity index is 576. The quantitative estimate of drug-likeness (QED) is 0.913. The lowest BCUT2D eigenvalue weighted by Crippen LogP contribution is -2.14. The number of aryl methyl sites for hydroxylation is 1. The van der Waals surface area contributed by atoms with E-state index in [4.69, 9.17) is 4.42 Å². The number of nitrogens with one attached hydrogen (secondary N) is 2. The SMILES string of the molecule is Cc1ccc(C(C)Nc2nc[nH]c(=O)c2Br)o1. The van der Waals surface area contributed by atoms with Gasteiger partial charge in [0.1, 0.15) is 21.8 Å². The highest BCUT2D eigenvalue weighted by Gasteiger charge is 2.12. The van der Waals surface area contributed by atoms with E-state index in [-0.39, 0.29) is 11.6 Å². The van der Waals surface area contributed by atoms with E-state index in [0.29, 0.717) is 10.3 Å². The second-order valence-electron chi connectivity index (χ2n) is 3.71. The predicted octanol–water partition coefficient (Wildman–Crippen LogP) is 2.61. The maximum absolute atomic E-state index is 11.4. The van der Waals surface area contributed by atoms with Crippen LogP contribution in [0.2, 0.25) is 0 Å². The fourth-order valence-electron chi connectivity index (χ4n) is 1.45. The van der Waals surface area contributed by atoms with Crippen molar-refractivity contribution in [1.29, 1.82) is 0 Å². The Balaban J connectivity index is 2.21. The van der Waals surface area contributed by atoms with Crippen LogP contribution >= 0.6 is 15.9 Å². The maximum Gasteiger partial charge on any atom is 0.267 e. The number of anilines is 1. The first kappa shape index (κ1) is 11.9. The molecule has 6 heteroatoms. The molecule has 2 N–H and O–H groups in total. The molecule has 0 bridgehead atoms. The van der Waals surface area contributed by atoms with Crippen molar-refractivity contribution in [3.05, 3.63) is 44.8 Å². The van der Waals surface area contributed by atoms with Crippen molar-refractivity contribution in [3.63, 3.8) is 0 Å². The number of hydrogen-bond acceptors (Lipinski definition) is 4. The molecular weight excluding hydrogens is 286 g/mol. The first-order chi connectivity index (χ1) is 8.08. The molecule has 17 heavy (non-hydrogen) atoms. The molecule has 0 aliphatic carbocycles. The summed E-state index contributed by atoms with van der Waals surface area (Å²) in [6.07, 6.45) is 1.36. The normalized spacial score (nSPS) is 12.4. The zero-order valence-corrected chi connectivity index (χ0v) is 11.0. The predicted molar refractivity (Wildman–Crippen MR) is 68.0 cm³/mol. The van der Waals surface area contributed by atoms with Gasteiger partial charge in [0.25, 0.3) is 5.56 Å². The monoisotopic (exact) mass is 297 g/mol. The first-order valence-electron chi connectivity index (χ1n) is 5.14. The number of nitrogens with zero attached hydrogens (tertiary/aromatic N) is 1. The minimum absolute atomic E-state index is 0.0608. The van der Waals surface area contributed by atoms with Gasteiger partial charge in [0.15, 0.2) is 0 Å². The Labute approximate surface area is 106 Å². The molecule has 0 aliphatic rings. The smallest absolute Gasteiger partial charge is 0.267 e. The minimum atomic E-state index is -0.217. The van der Waals surface area contributed by atoms with Gasteiger partial charge in [-0.1, -0.05) is 0 Å². The Morgan fingerprint density at radius 3 is 2.94 bits per heavy atom. The molecule has 90 valence electrons. The molecule has 0 saturated heterocycles. The molecule has 2 aromatic rings. The molecule has 0 aromatic carbocycles. The van der Waals surface area contributed by atoms with Gasteiger partial charge < -0.3 is 14.7 Å². The van der Waals surface area contributed by atoms with Gasteiger partial charge in [0.05, 0.1) is 12.4 Å². The van der Waals surface area contributed by atoms with Crippen molar-refractivity contribution in [2.24, 2.45) is 0 Å². The number of H-pyrrole nitrogens is 1. The number of hydrogen-bond donors (Lipinski definition) is 2. The number of aromatic nitrogens is 2. The number of rotatable bonds is 3. The molecule has 5 nitrogen and oxygen atoms in total. The van der Waals surface area contributed by atoms with Crippen molar-refractivity contribution in [3.8, 4) is 0 Å². The first-order valence-corrected chi connectivity index (χ1v) is 5.93. The molecule has 1 atom stereocenters. The summed E-state index contributed by atoms with van der Waals surface area (Å²) in [7, 11) is 0. The average Bonchev–Trinajstić information content (AvgIpc) is 2.72. The van der Waals surface area contributed by atoms with Crippen LogP contribution in [0.5, 0.6) is 0 Å². The molecule has 0 spiro atoms. The zero-order valence-electron chi connectivity index (χ0n) is 9.45. The fourth-order valence-corrected chi connectivity index (χ4v) is 1.78. The molecule has 0 fully saturated rings. The fraction of sp³-hybridized carbons (Fsp3) is 0.273. The van der Waals surface area contributed by atoms with Crippen molar-refractivity contribution >= 4 is 21.7 Å². The van der Waals surface area contributed by atoms with Crippen LogP contribution in [-0.4, -0.2) is 9.97 Å². The number of furan rings is 1. The summed E-state index contributed by atoms with van der Waals surface area (Å²) >= 11 is 3.19. The summed E-state index contributed by atoms with van der Waals surface area (Å²) in [6.45, 7) is 3.82. The summed E-state index contributed by atoms with van der Waals surface area (Å²) in [6, 6.07) is 3.73. The van der Waals surface area contributed by atoms with Crippen LogP contribution in [-0.2, 0) is 0 Å². The van der Waals surface area contributed by atoms with Crippen molar-refractivity contribution in [1.82, 2.24) is 9.97 Å². The van der Waals surface area contributed by atoms with Crippen LogP contribution in [0.1, 0.15) is 24.5 Å². The van der Waals surface area contributed by atoms with E-state index in [0.717, 1.165) is 11.5 Å². The number of halogens is 1. The summed E-state index contributed by atoms with van der Waals surface area (Å²) < 4.78 is 5.88. The molecule has 2 aromatic heterocycles. The van der Waals surface area contributed by atoms with E-state index in [9.17, 15) is 4.79 Å². The number of aromatic amines is 1. The molecule has 1 unspecified atom stereocenters. The lowest BCUT2D eigenvalue weighted by atomic mass is 10.2. The molecule has 0 saturated carbocycles. The third-order valence-corrected chi connectivity index (χ3v) is 3.07. The summed E-state index contributed by atoms with van der Waals surface area (Å²) in [5.41, 5.74) is -0.217. The molecule has 0 amide bonds. The zero-order chi connectivity index (χ0) is 12.4. The van der Waals surface area contributed by atoms with Crippen molar-refractivity contribution in [2.45, 2.75) is 19.9 Å². The third-order valence-electron chi connectivity index (χ3n) is 2.34. The highest BCUT2D eigenvalue weighted by molar-refractivity contribution is 9.10. The van der Waals surface area contributed by atoms with E-state index in [1.54, 1.807) is 0 Å². The molecule has 0 aliphatic heterocycles. The summed E-state index contributed by atoms with van der Waals surface area (Å²) in [5, 5.41) is 3.11. The Kier molecular flexibility index (Phi) is 3.33. The van der Waals surface area contributed by atoms with Crippen LogP contribution in [0.25, 0.3) is 0 Å². The summed E-state index contributed by atoms with van der Waals surface area (Å²) in [4.78, 5) is 17.9. The lowest BCUT2D eigenvalue weighted by Gasteiger charge is -2.12. The molecule has 0 radical (unpaired) electrons. The maximum atomic E-state index is 11.4. The third kappa shape index (κ3) is 2.58. The van der Waals surface area contributed by atoms with Crippen LogP contribution in [0.15, 0.2) is 32.1 Å². The average molecular weight is 298 g/mol. The van der Waals surface area contributed by atoms with Gasteiger partial charge in [-0.25, -0.2) is 4.98 Å². The van der Waals surface area contributed by atoms with E-state index in [1.165, 1.54) is 6.33 Å². The van der Waals surface area contributed by atoms with Crippen LogP contribution in [0.3, 0.4) is 0 Å². The highest BCUT2D eigenvalue weighted by Crippen LogP contribution is 2.22. The van der Waals surface area contributed by atoms with Gasteiger partial charge in [0, 0.05) is 0 Å². The van der Waals surface area contributed by atoms with Gasteiger partial charge in [-0.15, -0.1) is 0 Å². The molecular formula is C11H12BrN3O2. The largest absolute Gasteiger partial charge is 0.464 e. The van der Waals surface area contributed by atoms with E-state index >= 15 is 0 Å². The van der Waals surface area contributed by atoms with E-state index in [1.807, 2.05) is 26.0 Å². The topological polar surface area (TPSA) is 70.9 Å². The van der Waals surface area contributed by atoms with Gasteiger partial charge in [-0.3, -0.25) is 4.79 Å². The van der Waals surface area contributed by atoms with Gasteiger partial charge in [0.2, 0.25) is 0 Å². The highest BCUT2D eigenvalue weighted by atomic mass is 79.9. The Morgan fingerprint density at radius 1 is 1.53 bits per heavy atom. The van der Waals surface area contributed by atoms with Crippen molar-refractivity contribution < 1.29 is 4.42 Å². The van der Waals surface area contributed by atoms with Crippen LogP contribution in [0, 0.1) is 6.92 Å². The standard InChI is InChI=1S/C11H12BrN3O2/c1-6-3-4-8(17-6)7(2)15-10-9(12)11(16)14-5-13-10/h3-5,7H,1-2H3,(H2,13,14,15,16). The molecule has 2 heterocycles. The van der Waals surface area contributed by atoms with Crippen LogP contribution in [0.4, 0.5) is 5.82 Å². The second kappa shape index (κ2) is 4.75. The van der Waals surface area contributed by atoms with Gasteiger partial charge >= 0.3 is 0 Å². The van der Waals surface area contributed by atoms with E-state index in [2.05, 4.69) is 31.2 Å². The Hall–Kier alpha value is -1.56.